The molecular weight excluding hydrogens is 401 g/mol. The Balaban J connectivity index is 1.50. The molecule has 0 atom stereocenters. The molecule has 1 heterocycles. The van der Waals surface area contributed by atoms with Gasteiger partial charge in [-0.25, -0.2) is 9.18 Å². The van der Waals surface area contributed by atoms with Gasteiger partial charge in [-0.2, -0.15) is 0 Å². The van der Waals surface area contributed by atoms with Gasteiger partial charge < -0.3 is 15.5 Å². The van der Waals surface area contributed by atoms with E-state index in [0.29, 0.717) is 41.7 Å². The average molecular weight is 420 g/mol. The molecule has 26 heavy (non-hydrogen) atoms. The van der Waals surface area contributed by atoms with Crippen LogP contribution in [0.3, 0.4) is 0 Å². The molecule has 3 rings (SSSR count). The standard InChI is InChI=1S/C19H19BrFN3O2/c20-16-12-14(21)6-7-17(16)23-19(26)24-10-8-15(9-11-24)22-18(25)13-4-2-1-3-5-13/h1-7,12,15H,8-11H2,(H,22,25)(H,23,26). The first-order valence-electron chi connectivity index (χ1n) is 8.40. The van der Waals surface area contributed by atoms with Gasteiger partial charge in [0.1, 0.15) is 5.82 Å². The quantitative estimate of drug-likeness (QED) is 0.788. The first-order valence-corrected chi connectivity index (χ1v) is 9.19. The first kappa shape index (κ1) is 18.4. The highest BCUT2D eigenvalue weighted by Gasteiger charge is 2.24. The van der Waals surface area contributed by atoms with Crippen molar-refractivity contribution in [1.29, 1.82) is 0 Å². The third-order valence-electron chi connectivity index (χ3n) is 4.33. The Morgan fingerprint density at radius 2 is 1.77 bits per heavy atom. The Hall–Kier alpha value is -2.41. The number of anilines is 1. The monoisotopic (exact) mass is 419 g/mol. The highest BCUT2D eigenvalue weighted by Crippen LogP contribution is 2.24. The smallest absolute Gasteiger partial charge is 0.321 e. The lowest BCUT2D eigenvalue weighted by molar-refractivity contribution is 0.0919. The van der Waals surface area contributed by atoms with Crippen LogP contribution in [0.2, 0.25) is 0 Å². The molecule has 1 aliphatic rings. The summed E-state index contributed by atoms with van der Waals surface area (Å²) in [6.45, 7) is 1.09. The summed E-state index contributed by atoms with van der Waals surface area (Å²) in [6, 6.07) is 13.0. The molecule has 0 saturated carbocycles. The maximum atomic E-state index is 13.1. The van der Waals surface area contributed by atoms with Crippen molar-refractivity contribution < 1.29 is 14.0 Å². The number of halogens is 2. The van der Waals surface area contributed by atoms with E-state index in [1.807, 2.05) is 18.2 Å². The highest BCUT2D eigenvalue weighted by molar-refractivity contribution is 9.10. The Bertz CT molecular complexity index is 793. The predicted octanol–water partition coefficient (Wildman–Crippen LogP) is 4.01. The number of benzene rings is 2. The molecule has 136 valence electrons. The van der Waals surface area contributed by atoms with Crippen molar-refractivity contribution in [2.45, 2.75) is 18.9 Å². The number of nitrogens with zero attached hydrogens (tertiary/aromatic N) is 1. The molecule has 0 aromatic heterocycles. The second kappa shape index (κ2) is 8.31. The molecule has 1 fully saturated rings. The molecule has 1 aliphatic heterocycles. The van der Waals surface area contributed by atoms with Crippen molar-refractivity contribution in [3.63, 3.8) is 0 Å². The number of rotatable bonds is 3. The van der Waals surface area contributed by atoms with Crippen LogP contribution in [0.25, 0.3) is 0 Å². The zero-order valence-corrected chi connectivity index (χ0v) is 15.6. The molecule has 7 heteroatoms. The van der Waals surface area contributed by atoms with Gasteiger partial charge in [-0.1, -0.05) is 18.2 Å². The first-order chi connectivity index (χ1) is 12.5. The minimum Gasteiger partial charge on any atom is -0.349 e. The largest absolute Gasteiger partial charge is 0.349 e. The molecule has 1 saturated heterocycles. The van der Waals surface area contributed by atoms with Crippen molar-refractivity contribution in [2.24, 2.45) is 0 Å². The van der Waals surface area contributed by atoms with Crippen molar-refractivity contribution in [3.05, 3.63) is 64.4 Å². The second-order valence-corrected chi connectivity index (χ2v) is 7.01. The van der Waals surface area contributed by atoms with Crippen molar-refractivity contribution >= 4 is 33.6 Å². The van der Waals surface area contributed by atoms with Crippen LogP contribution in [0.15, 0.2) is 53.0 Å². The zero-order chi connectivity index (χ0) is 18.5. The summed E-state index contributed by atoms with van der Waals surface area (Å²) in [5.41, 5.74) is 1.16. The molecule has 0 unspecified atom stereocenters. The zero-order valence-electron chi connectivity index (χ0n) is 14.0. The number of urea groups is 1. The number of nitrogens with one attached hydrogen (secondary N) is 2. The van der Waals surface area contributed by atoms with Gasteiger partial charge in [-0.3, -0.25) is 4.79 Å². The van der Waals surface area contributed by atoms with Crippen molar-refractivity contribution in [3.8, 4) is 0 Å². The minimum atomic E-state index is -0.371. The van der Waals surface area contributed by atoms with E-state index >= 15 is 0 Å². The topological polar surface area (TPSA) is 61.4 Å². The fourth-order valence-electron chi connectivity index (χ4n) is 2.87. The summed E-state index contributed by atoms with van der Waals surface area (Å²) >= 11 is 3.24. The Morgan fingerprint density at radius 1 is 1.08 bits per heavy atom. The van der Waals surface area contributed by atoms with Gasteiger partial charge in [0.25, 0.3) is 5.91 Å². The van der Waals surface area contributed by atoms with Gasteiger partial charge >= 0.3 is 6.03 Å². The molecule has 2 aromatic rings. The van der Waals surface area contributed by atoms with E-state index in [0.717, 1.165) is 0 Å². The van der Waals surface area contributed by atoms with E-state index in [4.69, 9.17) is 0 Å². The van der Waals surface area contributed by atoms with Crippen LogP contribution in [0.4, 0.5) is 14.9 Å². The Kier molecular flexibility index (Phi) is 5.88. The van der Waals surface area contributed by atoms with E-state index in [9.17, 15) is 14.0 Å². The molecule has 0 spiro atoms. The molecular formula is C19H19BrFN3O2. The molecule has 5 nitrogen and oxygen atoms in total. The van der Waals surface area contributed by atoms with Crippen LogP contribution in [-0.4, -0.2) is 36.0 Å². The SMILES string of the molecule is O=C(NC1CCN(C(=O)Nc2ccc(F)cc2Br)CC1)c1ccccc1. The van der Waals surface area contributed by atoms with Gasteiger partial charge in [0.2, 0.25) is 0 Å². The van der Waals surface area contributed by atoms with Crippen LogP contribution in [0.1, 0.15) is 23.2 Å². The third-order valence-corrected chi connectivity index (χ3v) is 4.98. The normalized spacial score (nSPS) is 14.8. The van der Waals surface area contributed by atoms with E-state index < -0.39 is 0 Å². The van der Waals surface area contributed by atoms with Crippen LogP contribution in [0.5, 0.6) is 0 Å². The molecule has 0 radical (unpaired) electrons. The van der Waals surface area contributed by atoms with Gasteiger partial charge in [0.15, 0.2) is 0 Å². The summed E-state index contributed by atoms with van der Waals surface area (Å²) in [6.07, 6.45) is 1.38. The number of hydrogen-bond donors (Lipinski definition) is 2. The van der Waals surface area contributed by atoms with Crippen molar-refractivity contribution in [1.82, 2.24) is 10.2 Å². The predicted molar refractivity (Wildman–Crippen MR) is 102 cm³/mol. The molecule has 3 amide bonds. The van der Waals surface area contributed by atoms with Gasteiger partial charge in [-0.15, -0.1) is 0 Å². The van der Waals surface area contributed by atoms with Crippen LogP contribution in [-0.2, 0) is 0 Å². The number of carbonyl (C=O) groups is 2. The summed E-state index contributed by atoms with van der Waals surface area (Å²) in [5, 5.41) is 5.79. The summed E-state index contributed by atoms with van der Waals surface area (Å²) in [7, 11) is 0. The Morgan fingerprint density at radius 3 is 2.42 bits per heavy atom. The van der Waals surface area contributed by atoms with Crippen molar-refractivity contribution in [2.75, 3.05) is 18.4 Å². The van der Waals surface area contributed by atoms with Gasteiger partial charge in [-0.05, 0) is 59.1 Å². The minimum absolute atomic E-state index is 0.0457. The summed E-state index contributed by atoms with van der Waals surface area (Å²) in [5.74, 6) is -0.464. The second-order valence-electron chi connectivity index (χ2n) is 6.16. The van der Waals surface area contributed by atoms with Gasteiger partial charge in [0.05, 0.1) is 5.69 Å². The third kappa shape index (κ3) is 4.60. The average Bonchev–Trinajstić information content (AvgIpc) is 2.65. The number of amides is 3. The van der Waals surface area contributed by atoms with E-state index in [-0.39, 0.29) is 23.8 Å². The van der Waals surface area contributed by atoms with E-state index in [1.165, 1.54) is 18.2 Å². The maximum absolute atomic E-state index is 13.1. The maximum Gasteiger partial charge on any atom is 0.321 e. The number of likely N-dealkylation sites (tertiary alicyclic amines) is 1. The van der Waals surface area contributed by atoms with Crippen LogP contribution < -0.4 is 10.6 Å². The fourth-order valence-corrected chi connectivity index (χ4v) is 3.32. The van der Waals surface area contributed by atoms with E-state index in [2.05, 4.69) is 26.6 Å². The molecule has 2 aromatic carbocycles. The lowest BCUT2D eigenvalue weighted by atomic mass is 10.0. The molecule has 2 N–H and O–H groups in total. The number of hydrogen-bond acceptors (Lipinski definition) is 2. The van der Waals surface area contributed by atoms with Crippen LogP contribution in [0, 0.1) is 5.82 Å². The van der Waals surface area contributed by atoms with Gasteiger partial charge in [0, 0.05) is 29.2 Å². The lowest BCUT2D eigenvalue weighted by Crippen LogP contribution is -2.47. The van der Waals surface area contributed by atoms with Crippen LogP contribution >= 0.6 is 15.9 Å². The number of piperidine rings is 1. The molecule has 0 aliphatic carbocycles. The molecule has 0 bridgehead atoms. The van der Waals surface area contributed by atoms with E-state index in [1.54, 1.807) is 17.0 Å². The lowest BCUT2D eigenvalue weighted by Gasteiger charge is -2.32. The highest BCUT2D eigenvalue weighted by atomic mass is 79.9. The summed E-state index contributed by atoms with van der Waals surface area (Å²) < 4.78 is 13.6. The Labute approximate surface area is 159 Å². The number of carbonyl (C=O) groups excluding carboxylic acids is 2. The summed E-state index contributed by atoms with van der Waals surface area (Å²) in [4.78, 5) is 26.3. The fraction of sp³-hybridized carbons (Fsp3) is 0.263.